The molecule has 0 saturated carbocycles. The van der Waals surface area contributed by atoms with Crippen LogP contribution in [0.25, 0.3) is 22.2 Å². The minimum Gasteiger partial charge on any atom is -0.383 e. The van der Waals surface area contributed by atoms with Crippen molar-refractivity contribution >= 4 is 59.8 Å². The van der Waals surface area contributed by atoms with Gasteiger partial charge in [-0.05, 0) is 46.5 Å². The van der Waals surface area contributed by atoms with Crippen LogP contribution in [0.1, 0.15) is 17.0 Å². The molecule has 1 aliphatic rings. The van der Waals surface area contributed by atoms with Crippen LogP contribution in [0.2, 0.25) is 5.02 Å². The Labute approximate surface area is 169 Å². The maximum atomic E-state index is 12.7. The Balaban J connectivity index is 1.93. The molecular formula is C17H17BrClN5OS. The van der Waals surface area contributed by atoms with E-state index in [0.29, 0.717) is 43.3 Å². The number of anilines is 1. The Morgan fingerprint density at radius 2 is 2.15 bits per heavy atom. The maximum Gasteiger partial charge on any atom is 0.146 e. The van der Waals surface area contributed by atoms with Gasteiger partial charge >= 0.3 is 0 Å². The lowest BCUT2D eigenvalue weighted by atomic mass is 10.1. The van der Waals surface area contributed by atoms with Crippen LogP contribution in [-0.2, 0) is 16.7 Å². The highest BCUT2D eigenvalue weighted by Gasteiger charge is 2.20. The lowest BCUT2D eigenvalue weighted by molar-refractivity contribution is 0.681. The van der Waals surface area contributed by atoms with E-state index in [9.17, 15) is 4.21 Å². The molecule has 1 aromatic carbocycles. The first-order valence-electron chi connectivity index (χ1n) is 9.44. The van der Waals surface area contributed by atoms with Crippen LogP contribution in [-0.4, -0.2) is 30.2 Å². The summed E-state index contributed by atoms with van der Waals surface area (Å²) >= 11 is 9.84. The Morgan fingerprint density at radius 3 is 2.85 bits per heavy atom. The number of hydrogen-bond acceptors (Lipinski definition) is 5. The van der Waals surface area contributed by atoms with Crippen molar-refractivity contribution in [3.05, 3.63) is 34.2 Å². The molecular weight excluding hydrogens is 438 g/mol. The van der Waals surface area contributed by atoms with Crippen LogP contribution in [0.5, 0.6) is 0 Å². The highest BCUT2D eigenvalue weighted by atomic mass is 79.9. The smallest absolute Gasteiger partial charge is 0.146 e. The zero-order valence-electron chi connectivity index (χ0n) is 16.6. The lowest BCUT2D eigenvalue weighted by Gasteiger charge is -2.07. The molecule has 0 spiro atoms. The van der Waals surface area contributed by atoms with Gasteiger partial charge in [0.2, 0.25) is 0 Å². The average molecular weight is 458 g/mol. The standard InChI is InChI=1S/C17H17BrClN5OS/c1-24-15(18)13(14-16(20)21-9-22-17(14)24)10-4-5-12(11(19)8-10)23-26(25)6-2-3-7-26/h4-5,8-9H,2-3,6-7H2,1H3,(H2,20,21,22)/i1D3. The van der Waals surface area contributed by atoms with E-state index < -0.39 is 16.7 Å². The zero-order valence-corrected chi connectivity index (χ0v) is 16.7. The summed E-state index contributed by atoms with van der Waals surface area (Å²) in [5.41, 5.74) is 7.85. The molecule has 136 valence electrons. The summed E-state index contributed by atoms with van der Waals surface area (Å²) in [4.78, 5) is 8.13. The summed E-state index contributed by atoms with van der Waals surface area (Å²) in [5, 5.41) is 0.743. The maximum absolute atomic E-state index is 12.7. The topological polar surface area (TPSA) is 86.2 Å². The minimum atomic E-state index is -2.48. The Kier molecular flexibility index (Phi) is 3.61. The quantitative estimate of drug-likeness (QED) is 0.612. The number of nitrogens with two attached hydrogens (primary N) is 1. The second-order valence-corrected chi connectivity index (χ2v) is 9.81. The van der Waals surface area contributed by atoms with Crippen molar-refractivity contribution < 1.29 is 8.32 Å². The van der Waals surface area contributed by atoms with Gasteiger partial charge < -0.3 is 10.3 Å². The molecule has 1 aliphatic heterocycles. The second kappa shape index (κ2) is 6.51. The molecule has 26 heavy (non-hydrogen) atoms. The molecule has 6 nitrogen and oxygen atoms in total. The second-order valence-electron chi connectivity index (χ2n) is 6.10. The number of fused-ring (bicyclic) bond motifs is 1. The Hall–Kier alpha value is -1.64. The minimum absolute atomic E-state index is 0.160. The van der Waals surface area contributed by atoms with Crippen molar-refractivity contribution in [2.24, 2.45) is 11.3 Å². The fraction of sp³-hybridized carbons (Fsp3) is 0.294. The van der Waals surface area contributed by atoms with Gasteiger partial charge in [0.15, 0.2) is 0 Å². The molecule has 9 heteroatoms. The fourth-order valence-electron chi connectivity index (χ4n) is 3.13. The van der Waals surface area contributed by atoms with E-state index in [-0.39, 0.29) is 11.5 Å². The van der Waals surface area contributed by atoms with Gasteiger partial charge in [0.05, 0.1) is 30.4 Å². The van der Waals surface area contributed by atoms with Crippen LogP contribution in [0.3, 0.4) is 0 Å². The van der Waals surface area contributed by atoms with Crippen LogP contribution in [0.4, 0.5) is 11.5 Å². The molecule has 0 atom stereocenters. The van der Waals surface area contributed by atoms with Gasteiger partial charge in [-0.25, -0.2) is 14.2 Å². The predicted octanol–water partition coefficient (Wildman–Crippen LogP) is 4.53. The van der Waals surface area contributed by atoms with E-state index in [4.69, 9.17) is 21.4 Å². The van der Waals surface area contributed by atoms with Gasteiger partial charge in [-0.1, -0.05) is 17.7 Å². The number of hydrogen-bond donors (Lipinski definition) is 1. The summed E-state index contributed by atoms with van der Waals surface area (Å²) in [6.07, 6.45) is 3.03. The monoisotopic (exact) mass is 456 g/mol. The van der Waals surface area contributed by atoms with Crippen molar-refractivity contribution in [3.63, 3.8) is 0 Å². The summed E-state index contributed by atoms with van der Waals surface area (Å²) < 4.78 is 42.1. The van der Waals surface area contributed by atoms with E-state index in [1.54, 1.807) is 18.2 Å². The van der Waals surface area contributed by atoms with Gasteiger partial charge in [-0.15, -0.1) is 0 Å². The molecule has 0 bridgehead atoms. The normalized spacial score (nSPS) is 18.5. The molecule has 1 fully saturated rings. The first-order chi connectivity index (χ1) is 13.6. The third-order valence-electron chi connectivity index (χ3n) is 4.40. The number of aryl methyl sites for hydroxylation is 1. The molecule has 0 aliphatic carbocycles. The predicted molar refractivity (Wildman–Crippen MR) is 110 cm³/mol. The van der Waals surface area contributed by atoms with Crippen LogP contribution in [0, 0.1) is 0 Å². The third-order valence-corrected chi connectivity index (χ3v) is 7.84. The summed E-state index contributed by atoms with van der Waals surface area (Å²) in [7, 11) is -2.26. The number of nitrogens with zero attached hydrogens (tertiary/aromatic N) is 4. The third kappa shape index (κ3) is 2.90. The Bertz CT molecular complexity index is 1240. The van der Waals surface area contributed by atoms with Gasteiger partial charge in [-0.3, -0.25) is 0 Å². The Morgan fingerprint density at radius 1 is 1.38 bits per heavy atom. The van der Waals surface area contributed by atoms with E-state index >= 15 is 0 Å². The van der Waals surface area contributed by atoms with E-state index in [0.717, 1.165) is 17.4 Å². The van der Waals surface area contributed by atoms with Crippen LogP contribution < -0.4 is 5.73 Å². The largest absolute Gasteiger partial charge is 0.383 e. The van der Waals surface area contributed by atoms with Gasteiger partial charge in [0.1, 0.15) is 17.8 Å². The zero-order chi connectivity index (χ0) is 21.0. The molecule has 0 radical (unpaired) electrons. The van der Waals surface area contributed by atoms with Crippen molar-refractivity contribution in [2.45, 2.75) is 12.8 Å². The molecule has 4 rings (SSSR count). The number of halogens is 2. The fourth-order valence-corrected chi connectivity index (χ4v) is 6.22. The molecule has 1 saturated heterocycles. The van der Waals surface area contributed by atoms with E-state index in [1.807, 2.05) is 0 Å². The average Bonchev–Trinajstić information content (AvgIpc) is 3.18. The van der Waals surface area contributed by atoms with Gasteiger partial charge in [0.25, 0.3) is 0 Å². The first-order valence-corrected chi connectivity index (χ1v) is 11.0. The van der Waals surface area contributed by atoms with Crippen molar-refractivity contribution in [3.8, 4) is 11.1 Å². The summed E-state index contributed by atoms with van der Waals surface area (Å²) in [6.45, 7) is -2.48. The highest BCUT2D eigenvalue weighted by molar-refractivity contribution is 9.10. The van der Waals surface area contributed by atoms with Crippen LogP contribution >= 0.6 is 27.5 Å². The summed E-state index contributed by atoms with van der Waals surface area (Å²) in [6, 6.07) is 5.10. The molecule has 2 N–H and O–H groups in total. The number of benzene rings is 1. The number of rotatable bonds is 2. The van der Waals surface area contributed by atoms with Gasteiger partial charge in [-0.2, -0.15) is 4.36 Å². The molecule has 3 heterocycles. The van der Waals surface area contributed by atoms with Crippen LogP contribution in [0.15, 0.2) is 33.5 Å². The molecule has 0 amide bonds. The lowest BCUT2D eigenvalue weighted by Crippen LogP contribution is -1.99. The van der Waals surface area contributed by atoms with E-state index in [2.05, 4.69) is 30.3 Å². The summed E-state index contributed by atoms with van der Waals surface area (Å²) in [5.74, 6) is 1.32. The molecule has 0 unspecified atom stereocenters. The van der Waals surface area contributed by atoms with Gasteiger partial charge in [0, 0.05) is 28.2 Å². The van der Waals surface area contributed by atoms with Crippen molar-refractivity contribution in [1.29, 1.82) is 0 Å². The first kappa shape index (κ1) is 14.4. The highest BCUT2D eigenvalue weighted by Crippen LogP contribution is 2.41. The number of nitrogen functional groups attached to an aromatic ring is 1. The van der Waals surface area contributed by atoms with Crippen molar-refractivity contribution in [2.75, 3.05) is 17.2 Å². The molecule has 2 aromatic heterocycles. The molecule has 3 aromatic rings. The van der Waals surface area contributed by atoms with E-state index in [1.165, 1.54) is 6.33 Å². The SMILES string of the molecule is [2H]C([2H])([2H])n1c(Br)c(-c2ccc(N=S3(=O)CCCC3)c(Cl)c2)c2c(N)ncnc21. The van der Waals surface area contributed by atoms with Crippen molar-refractivity contribution in [1.82, 2.24) is 14.5 Å². The number of aromatic nitrogens is 3.